The molecule has 4 nitrogen and oxygen atoms in total. The second-order valence-electron chi connectivity index (χ2n) is 3.10. The van der Waals surface area contributed by atoms with E-state index in [9.17, 15) is 4.79 Å². The number of amides is 1. The van der Waals surface area contributed by atoms with Gasteiger partial charge in [-0.05, 0) is 19.9 Å². The highest BCUT2D eigenvalue weighted by atomic mass is 16.1. The van der Waals surface area contributed by atoms with Crippen molar-refractivity contribution in [1.29, 1.82) is 5.26 Å². The van der Waals surface area contributed by atoms with Crippen LogP contribution in [0.3, 0.4) is 0 Å². The summed E-state index contributed by atoms with van der Waals surface area (Å²) in [6, 6.07) is 1.86. The number of rotatable bonds is 6. The first-order valence-electron chi connectivity index (χ1n) is 4.53. The van der Waals surface area contributed by atoms with Crippen LogP contribution < -0.4 is 5.73 Å². The zero-order chi connectivity index (χ0) is 10.3. The third-order valence-electron chi connectivity index (χ3n) is 1.89. The average molecular weight is 183 g/mol. The van der Waals surface area contributed by atoms with E-state index in [1.807, 2.05) is 0 Å². The molecule has 0 aliphatic rings. The number of hydrogen-bond donors (Lipinski definition) is 1. The van der Waals surface area contributed by atoms with E-state index in [-0.39, 0.29) is 18.5 Å². The van der Waals surface area contributed by atoms with Crippen LogP contribution in [0.4, 0.5) is 0 Å². The van der Waals surface area contributed by atoms with Gasteiger partial charge in [0, 0.05) is 0 Å². The summed E-state index contributed by atoms with van der Waals surface area (Å²) in [6.07, 6.45) is 2.03. The molecule has 13 heavy (non-hydrogen) atoms. The Morgan fingerprint density at radius 3 is 2.69 bits per heavy atom. The third kappa shape index (κ3) is 5.21. The largest absolute Gasteiger partial charge is 0.369 e. The van der Waals surface area contributed by atoms with Gasteiger partial charge in [0.25, 0.3) is 0 Å². The minimum absolute atomic E-state index is 0.175. The molecule has 2 N–H and O–H groups in total. The predicted octanol–water partition coefficient (Wildman–Crippen LogP) is 0.486. The summed E-state index contributed by atoms with van der Waals surface area (Å²) < 4.78 is 0. The lowest BCUT2D eigenvalue weighted by atomic mass is 10.2. The second kappa shape index (κ2) is 6.44. The molecule has 0 aromatic carbocycles. The van der Waals surface area contributed by atoms with Gasteiger partial charge in [0.05, 0.1) is 18.7 Å². The van der Waals surface area contributed by atoms with Crippen molar-refractivity contribution < 1.29 is 4.79 Å². The van der Waals surface area contributed by atoms with Gasteiger partial charge in [0.2, 0.25) is 5.91 Å². The van der Waals surface area contributed by atoms with Crippen molar-refractivity contribution in [3.63, 3.8) is 0 Å². The lowest BCUT2D eigenvalue weighted by Crippen LogP contribution is -2.39. The fourth-order valence-electron chi connectivity index (χ4n) is 1.05. The summed E-state index contributed by atoms with van der Waals surface area (Å²) in [5, 5.41) is 8.67. The van der Waals surface area contributed by atoms with Gasteiger partial charge in [-0.3, -0.25) is 9.69 Å². The Kier molecular flexibility index (Phi) is 5.90. The van der Waals surface area contributed by atoms with E-state index in [1.54, 1.807) is 11.8 Å². The molecule has 1 unspecified atom stereocenters. The summed E-state index contributed by atoms with van der Waals surface area (Å²) in [4.78, 5) is 12.5. The molecule has 0 aromatic heterocycles. The topological polar surface area (TPSA) is 70.1 Å². The predicted molar refractivity (Wildman–Crippen MR) is 50.8 cm³/mol. The standard InChI is InChI=1S/C9H17N3O/c1-3-4-5-12(7-9(11)13)8(2)6-10/h8H,3-5,7H2,1-2H3,(H2,11,13). The maximum atomic E-state index is 10.7. The summed E-state index contributed by atoms with van der Waals surface area (Å²) in [6.45, 7) is 4.78. The van der Waals surface area contributed by atoms with Crippen molar-refractivity contribution in [2.45, 2.75) is 32.7 Å². The van der Waals surface area contributed by atoms with Gasteiger partial charge in [0.1, 0.15) is 0 Å². The van der Waals surface area contributed by atoms with Gasteiger partial charge in [-0.1, -0.05) is 13.3 Å². The maximum Gasteiger partial charge on any atom is 0.231 e. The highest BCUT2D eigenvalue weighted by Gasteiger charge is 2.13. The van der Waals surface area contributed by atoms with Crippen LogP contribution >= 0.6 is 0 Å². The molecule has 4 heteroatoms. The Balaban J connectivity index is 4.03. The van der Waals surface area contributed by atoms with Gasteiger partial charge in [-0.25, -0.2) is 0 Å². The lowest BCUT2D eigenvalue weighted by Gasteiger charge is -2.22. The van der Waals surface area contributed by atoms with Gasteiger partial charge >= 0.3 is 0 Å². The minimum Gasteiger partial charge on any atom is -0.369 e. The Morgan fingerprint density at radius 2 is 2.31 bits per heavy atom. The molecule has 0 radical (unpaired) electrons. The summed E-state index contributed by atoms with van der Waals surface area (Å²) >= 11 is 0. The van der Waals surface area contributed by atoms with Crippen molar-refractivity contribution in [2.24, 2.45) is 5.73 Å². The van der Waals surface area contributed by atoms with Crippen LogP contribution in [0.2, 0.25) is 0 Å². The van der Waals surface area contributed by atoms with E-state index in [0.717, 1.165) is 19.4 Å². The van der Waals surface area contributed by atoms with E-state index in [1.165, 1.54) is 0 Å². The van der Waals surface area contributed by atoms with E-state index >= 15 is 0 Å². The van der Waals surface area contributed by atoms with Crippen molar-refractivity contribution in [2.75, 3.05) is 13.1 Å². The van der Waals surface area contributed by atoms with E-state index in [0.29, 0.717) is 0 Å². The van der Waals surface area contributed by atoms with Gasteiger partial charge in [0.15, 0.2) is 0 Å². The number of carbonyl (C=O) groups is 1. The molecule has 0 rings (SSSR count). The smallest absolute Gasteiger partial charge is 0.231 e. The fraction of sp³-hybridized carbons (Fsp3) is 0.778. The first-order valence-corrected chi connectivity index (χ1v) is 4.53. The fourth-order valence-corrected chi connectivity index (χ4v) is 1.05. The molecule has 0 bridgehead atoms. The number of unbranched alkanes of at least 4 members (excludes halogenated alkanes) is 1. The summed E-state index contributed by atoms with van der Waals surface area (Å²) in [5.74, 6) is -0.377. The van der Waals surface area contributed by atoms with Crippen LogP contribution in [-0.4, -0.2) is 29.9 Å². The van der Waals surface area contributed by atoms with Crippen molar-refractivity contribution >= 4 is 5.91 Å². The van der Waals surface area contributed by atoms with E-state index < -0.39 is 0 Å². The van der Waals surface area contributed by atoms with Crippen LogP contribution in [0.15, 0.2) is 0 Å². The molecule has 0 fully saturated rings. The molecule has 0 aliphatic carbocycles. The SMILES string of the molecule is CCCCN(CC(N)=O)C(C)C#N. The maximum absolute atomic E-state index is 10.7. The molecular formula is C9H17N3O. The van der Waals surface area contributed by atoms with Crippen molar-refractivity contribution in [1.82, 2.24) is 4.90 Å². The number of nitriles is 1. The van der Waals surface area contributed by atoms with E-state index in [4.69, 9.17) is 11.0 Å². The number of carbonyl (C=O) groups excluding carboxylic acids is 1. The van der Waals surface area contributed by atoms with Gasteiger partial charge in [-0.2, -0.15) is 5.26 Å². The molecule has 0 spiro atoms. The summed E-state index contributed by atoms with van der Waals surface area (Å²) in [7, 11) is 0. The van der Waals surface area contributed by atoms with E-state index in [2.05, 4.69) is 13.0 Å². The minimum atomic E-state index is -0.377. The normalized spacial score (nSPS) is 12.5. The summed E-state index contributed by atoms with van der Waals surface area (Å²) in [5.41, 5.74) is 5.07. The Bertz CT molecular complexity index is 198. The van der Waals surface area contributed by atoms with Crippen LogP contribution in [0, 0.1) is 11.3 Å². The van der Waals surface area contributed by atoms with Crippen molar-refractivity contribution in [3.8, 4) is 6.07 Å². The second-order valence-corrected chi connectivity index (χ2v) is 3.10. The van der Waals surface area contributed by atoms with Gasteiger partial charge < -0.3 is 5.73 Å². The average Bonchev–Trinajstić information content (AvgIpc) is 2.10. The molecule has 0 aromatic rings. The zero-order valence-corrected chi connectivity index (χ0v) is 8.29. The number of nitrogens with two attached hydrogens (primary N) is 1. The quantitative estimate of drug-likeness (QED) is 0.651. The molecule has 1 atom stereocenters. The molecule has 0 heterocycles. The molecule has 0 saturated heterocycles. The molecular weight excluding hydrogens is 166 g/mol. The number of primary amides is 1. The highest BCUT2D eigenvalue weighted by molar-refractivity contribution is 5.76. The first kappa shape index (κ1) is 11.9. The number of hydrogen-bond acceptors (Lipinski definition) is 3. The Labute approximate surface area is 79.3 Å². The Morgan fingerprint density at radius 1 is 1.69 bits per heavy atom. The number of nitrogens with zero attached hydrogens (tertiary/aromatic N) is 2. The molecule has 0 saturated carbocycles. The molecule has 1 amide bonds. The van der Waals surface area contributed by atoms with Crippen LogP contribution in [0.5, 0.6) is 0 Å². The van der Waals surface area contributed by atoms with Gasteiger partial charge in [-0.15, -0.1) is 0 Å². The van der Waals surface area contributed by atoms with Crippen LogP contribution in [0.1, 0.15) is 26.7 Å². The Hall–Kier alpha value is -1.08. The molecule has 0 aliphatic heterocycles. The monoisotopic (exact) mass is 183 g/mol. The molecule has 74 valence electrons. The first-order chi connectivity index (χ1) is 6.11. The van der Waals surface area contributed by atoms with Crippen LogP contribution in [-0.2, 0) is 4.79 Å². The van der Waals surface area contributed by atoms with Crippen molar-refractivity contribution in [3.05, 3.63) is 0 Å². The highest BCUT2D eigenvalue weighted by Crippen LogP contribution is 2.00. The van der Waals surface area contributed by atoms with Crippen LogP contribution in [0.25, 0.3) is 0 Å². The lowest BCUT2D eigenvalue weighted by molar-refractivity contribution is -0.119. The third-order valence-corrected chi connectivity index (χ3v) is 1.89. The zero-order valence-electron chi connectivity index (χ0n) is 8.29.